The smallest absolute Gasteiger partial charge is 0.321 e. The van der Waals surface area contributed by atoms with Crippen molar-refractivity contribution in [1.82, 2.24) is 0 Å². The highest BCUT2D eigenvalue weighted by Crippen LogP contribution is 2.31. The molecule has 0 atom stereocenters. The summed E-state index contributed by atoms with van der Waals surface area (Å²) in [6, 6.07) is 0. The second-order valence-electron chi connectivity index (χ2n) is 3.55. The molecule has 15 heavy (non-hydrogen) atoms. The van der Waals surface area contributed by atoms with Crippen molar-refractivity contribution in [2.45, 2.75) is 46.0 Å². The van der Waals surface area contributed by atoms with Crippen LogP contribution in [0, 0.1) is 5.41 Å². The van der Waals surface area contributed by atoms with Gasteiger partial charge in [0.1, 0.15) is 0 Å². The fraction of sp³-hybridized carbons (Fsp3) is 0.800. The average molecular weight is 222 g/mol. The van der Waals surface area contributed by atoms with Crippen molar-refractivity contribution in [1.29, 1.82) is 0 Å². The van der Waals surface area contributed by atoms with Crippen LogP contribution in [0.1, 0.15) is 46.0 Å². The highest BCUT2D eigenvalue weighted by molar-refractivity contribution is 5.98. The Bertz CT molecular complexity index is 201. The predicted octanol–water partition coefficient (Wildman–Crippen LogP) is 2.28. The first-order valence-corrected chi connectivity index (χ1v) is 4.98. The highest BCUT2D eigenvalue weighted by atomic mass is 19.0. The van der Waals surface area contributed by atoms with E-state index >= 15 is 0 Å². The Morgan fingerprint density at radius 1 is 1.00 bits per heavy atom. The molecule has 0 aromatic heterocycles. The summed E-state index contributed by atoms with van der Waals surface area (Å²) in [6.45, 7) is 3.72. The molecule has 4 nitrogen and oxygen atoms in total. The summed E-state index contributed by atoms with van der Waals surface area (Å²) in [7, 11) is 0. The van der Waals surface area contributed by atoms with Crippen LogP contribution in [0.2, 0.25) is 0 Å². The minimum atomic E-state index is -1.56. The highest BCUT2D eigenvalue weighted by Gasteiger charge is 2.44. The molecular formula is C10H19FO4. The number of carboxylic acid groups (broad SMARTS) is 2. The lowest BCUT2D eigenvalue weighted by molar-refractivity contribution is -0.166. The molecule has 0 aliphatic rings. The van der Waals surface area contributed by atoms with Gasteiger partial charge in [-0.05, 0) is 12.8 Å². The number of carboxylic acids is 2. The summed E-state index contributed by atoms with van der Waals surface area (Å²) in [6.07, 6.45) is 2.45. The first-order valence-electron chi connectivity index (χ1n) is 4.98. The largest absolute Gasteiger partial charge is 0.480 e. The van der Waals surface area contributed by atoms with Gasteiger partial charge in [-0.25, -0.2) is 0 Å². The van der Waals surface area contributed by atoms with E-state index < -0.39 is 17.4 Å². The van der Waals surface area contributed by atoms with Gasteiger partial charge in [0, 0.05) is 0 Å². The van der Waals surface area contributed by atoms with E-state index in [1.165, 1.54) is 0 Å². The Morgan fingerprint density at radius 2 is 1.47 bits per heavy atom. The maximum Gasteiger partial charge on any atom is 0.321 e. The molecule has 0 aliphatic carbocycles. The molecule has 0 fully saturated rings. The van der Waals surface area contributed by atoms with Gasteiger partial charge in [0.2, 0.25) is 0 Å². The maximum atomic E-state index is 11.0. The molecule has 0 unspecified atom stereocenters. The summed E-state index contributed by atoms with van der Waals surface area (Å²) in [5.74, 6) is -2.42. The number of unbranched alkanes of at least 4 members (excludes halogenated alkanes) is 1. The number of carbonyl (C=O) groups is 2. The first kappa shape index (κ1) is 16.3. The third-order valence-corrected chi connectivity index (χ3v) is 2.45. The van der Waals surface area contributed by atoms with Crippen LogP contribution < -0.4 is 0 Å². The Labute approximate surface area is 88.7 Å². The summed E-state index contributed by atoms with van der Waals surface area (Å²) in [5, 5.41) is 17.9. The lowest BCUT2D eigenvalue weighted by atomic mass is 9.79. The molecule has 0 saturated carbocycles. The standard InChI is InChI=1S/C10H18O4.FH/c1-3-5-7-10(6-4-2,8(11)12)9(13)14;/h3-7H2,1-2H3,(H,11,12)(H,13,14);1H. The van der Waals surface area contributed by atoms with Crippen molar-refractivity contribution in [2.75, 3.05) is 0 Å². The van der Waals surface area contributed by atoms with E-state index in [-0.39, 0.29) is 17.5 Å². The third kappa shape index (κ3) is 3.85. The van der Waals surface area contributed by atoms with Gasteiger partial charge < -0.3 is 10.2 Å². The van der Waals surface area contributed by atoms with E-state index in [1.807, 2.05) is 6.92 Å². The molecule has 0 saturated heterocycles. The maximum absolute atomic E-state index is 11.0. The molecule has 0 aromatic carbocycles. The second kappa shape index (κ2) is 7.20. The number of rotatable bonds is 7. The molecule has 0 bridgehead atoms. The number of aliphatic carboxylic acids is 2. The monoisotopic (exact) mass is 222 g/mol. The van der Waals surface area contributed by atoms with Crippen molar-refractivity contribution in [3.63, 3.8) is 0 Å². The minimum Gasteiger partial charge on any atom is -0.480 e. The third-order valence-electron chi connectivity index (χ3n) is 2.45. The molecular weight excluding hydrogens is 203 g/mol. The molecule has 0 heterocycles. The van der Waals surface area contributed by atoms with Crippen LogP contribution in [0.4, 0.5) is 4.70 Å². The van der Waals surface area contributed by atoms with Crippen LogP contribution in [0.25, 0.3) is 0 Å². The van der Waals surface area contributed by atoms with Crippen LogP contribution in [0.15, 0.2) is 0 Å². The zero-order valence-corrected chi connectivity index (χ0v) is 9.15. The van der Waals surface area contributed by atoms with Crippen LogP contribution in [0.3, 0.4) is 0 Å². The van der Waals surface area contributed by atoms with E-state index in [4.69, 9.17) is 10.2 Å². The Hall–Kier alpha value is -1.13. The first-order chi connectivity index (χ1) is 6.51. The van der Waals surface area contributed by atoms with Crippen molar-refractivity contribution in [3.8, 4) is 0 Å². The second-order valence-corrected chi connectivity index (χ2v) is 3.55. The molecule has 0 radical (unpaired) electrons. The van der Waals surface area contributed by atoms with E-state index in [9.17, 15) is 9.59 Å². The molecule has 5 heteroatoms. The molecule has 2 N–H and O–H groups in total. The van der Waals surface area contributed by atoms with Crippen LogP contribution in [-0.4, -0.2) is 22.2 Å². The van der Waals surface area contributed by atoms with Gasteiger partial charge in [-0.3, -0.25) is 14.3 Å². The van der Waals surface area contributed by atoms with Crippen LogP contribution >= 0.6 is 0 Å². The summed E-state index contributed by atoms with van der Waals surface area (Å²) < 4.78 is 0. The zero-order valence-electron chi connectivity index (χ0n) is 9.15. The molecule has 0 rings (SSSR count). The lowest BCUT2D eigenvalue weighted by Gasteiger charge is -2.23. The fourth-order valence-electron chi connectivity index (χ4n) is 1.55. The molecule has 0 aliphatic heterocycles. The van der Waals surface area contributed by atoms with Gasteiger partial charge in [0.25, 0.3) is 0 Å². The lowest BCUT2D eigenvalue weighted by Crippen LogP contribution is -2.39. The van der Waals surface area contributed by atoms with Crippen LogP contribution in [0.5, 0.6) is 0 Å². The Morgan fingerprint density at radius 3 is 1.73 bits per heavy atom. The van der Waals surface area contributed by atoms with Gasteiger partial charge in [-0.15, -0.1) is 0 Å². The summed E-state index contributed by atoms with van der Waals surface area (Å²) in [5.41, 5.74) is -1.56. The molecule has 90 valence electrons. The fourth-order valence-corrected chi connectivity index (χ4v) is 1.55. The van der Waals surface area contributed by atoms with Crippen molar-refractivity contribution < 1.29 is 24.5 Å². The molecule has 0 aromatic rings. The van der Waals surface area contributed by atoms with E-state index in [0.717, 1.165) is 6.42 Å². The van der Waals surface area contributed by atoms with Crippen molar-refractivity contribution in [3.05, 3.63) is 0 Å². The van der Waals surface area contributed by atoms with Gasteiger partial charge in [-0.2, -0.15) is 0 Å². The average Bonchev–Trinajstić information content (AvgIpc) is 2.11. The van der Waals surface area contributed by atoms with Gasteiger partial charge in [-0.1, -0.05) is 33.1 Å². The van der Waals surface area contributed by atoms with Gasteiger partial charge in [0.15, 0.2) is 5.41 Å². The summed E-state index contributed by atoms with van der Waals surface area (Å²) in [4.78, 5) is 22.0. The predicted molar refractivity (Wildman–Crippen MR) is 54.6 cm³/mol. The van der Waals surface area contributed by atoms with Crippen LogP contribution in [-0.2, 0) is 9.59 Å². The number of halogens is 1. The summed E-state index contributed by atoms with van der Waals surface area (Å²) >= 11 is 0. The van der Waals surface area contributed by atoms with E-state index in [2.05, 4.69) is 0 Å². The van der Waals surface area contributed by atoms with Gasteiger partial charge >= 0.3 is 11.9 Å². The molecule has 0 amide bonds. The van der Waals surface area contributed by atoms with Crippen molar-refractivity contribution in [2.24, 2.45) is 5.41 Å². The Kier molecular flexibility index (Phi) is 7.83. The van der Waals surface area contributed by atoms with E-state index in [0.29, 0.717) is 12.8 Å². The number of hydrogen-bond acceptors (Lipinski definition) is 2. The van der Waals surface area contributed by atoms with E-state index in [1.54, 1.807) is 6.92 Å². The zero-order chi connectivity index (χ0) is 11.2. The molecule has 0 spiro atoms. The Balaban J connectivity index is 0. The van der Waals surface area contributed by atoms with Crippen molar-refractivity contribution >= 4 is 11.9 Å². The quantitative estimate of drug-likeness (QED) is 0.648. The van der Waals surface area contributed by atoms with Gasteiger partial charge in [0.05, 0.1) is 0 Å². The minimum absolute atomic E-state index is 0. The normalized spacial score (nSPS) is 10.5. The topological polar surface area (TPSA) is 74.6 Å². The number of hydrogen-bond donors (Lipinski definition) is 2. The SMILES string of the molecule is CCCCC(CCC)(C(=O)O)C(=O)O.F.